The minimum atomic E-state index is -0.723. The average molecular weight is 438 g/mol. The van der Waals surface area contributed by atoms with Gasteiger partial charge < -0.3 is 14.6 Å². The average Bonchev–Trinajstić information content (AvgIpc) is 2.73. The molecule has 2 heterocycles. The van der Waals surface area contributed by atoms with Crippen molar-refractivity contribution in [3.63, 3.8) is 0 Å². The largest absolute Gasteiger partial charge is 0.507 e. The lowest BCUT2D eigenvalue weighted by atomic mass is 10.0. The van der Waals surface area contributed by atoms with Crippen molar-refractivity contribution in [1.82, 2.24) is 9.38 Å². The second-order valence-electron chi connectivity index (χ2n) is 7.69. The monoisotopic (exact) mass is 438 g/mol. The number of carbonyl (C=O) groups excluding carboxylic acids is 2. The van der Waals surface area contributed by atoms with Gasteiger partial charge in [-0.25, -0.2) is 9.78 Å². The molecule has 0 atom stereocenters. The Morgan fingerprint density at radius 3 is 2.59 bits per heavy atom. The Balaban J connectivity index is 1.95. The number of phenolic OH excluding ortho intramolecular Hbond substituents is 1. The molecule has 0 amide bonds. The Hall–Kier alpha value is -3.68. The van der Waals surface area contributed by atoms with Crippen LogP contribution in [0.4, 0.5) is 0 Å². The van der Waals surface area contributed by atoms with E-state index in [1.54, 1.807) is 32.0 Å². The van der Waals surface area contributed by atoms with Crippen molar-refractivity contribution >= 4 is 17.4 Å². The van der Waals surface area contributed by atoms with Crippen LogP contribution in [0.2, 0.25) is 0 Å². The first kappa shape index (κ1) is 23.0. The van der Waals surface area contributed by atoms with Crippen molar-refractivity contribution in [2.45, 2.75) is 53.2 Å². The van der Waals surface area contributed by atoms with Gasteiger partial charge in [0.2, 0.25) is 0 Å². The second-order valence-corrected chi connectivity index (χ2v) is 7.69. The third-order valence-electron chi connectivity index (χ3n) is 4.88. The van der Waals surface area contributed by atoms with Crippen LogP contribution in [-0.2, 0) is 17.8 Å². The van der Waals surface area contributed by atoms with Gasteiger partial charge in [-0.15, -0.1) is 0 Å². The van der Waals surface area contributed by atoms with Crippen molar-refractivity contribution < 1.29 is 24.2 Å². The van der Waals surface area contributed by atoms with E-state index in [9.17, 15) is 19.5 Å². The SMILES string of the molecule is CCCc1c(OCc2cccn3c(=O)c(C(=O)OC(C)C)cnc23)ccc(C(C)=O)c1O. The van der Waals surface area contributed by atoms with E-state index in [-0.39, 0.29) is 35.4 Å². The summed E-state index contributed by atoms with van der Waals surface area (Å²) in [6.45, 7) is 6.84. The molecule has 0 unspecified atom stereocenters. The number of phenols is 1. The molecule has 0 saturated heterocycles. The van der Waals surface area contributed by atoms with Gasteiger partial charge in [-0.3, -0.25) is 14.0 Å². The van der Waals surface area contributed by atoms with Crippen LogP contribution < -0.4 is 10.3 Å². The predicted octanol–water partition coefficient (Wildman–Crippen LogP) is 3.70. The number of pyridine rings is 1. The van der Waals surface area contributed by atoms with Crippen LogP contribution in [-0.4, -0.2) is 32.3 Å². The Morgan fingerprint density at radius 2 is 1.94 bits per heavy atom. The van der Waals surface area contributed by atoms with Crippen molar-refractivity contribution in [2.24, 2.45) is 0 Å². The van der Waals surface area contributed by atoms with Crippen LogP contribution >= 0.6 is 0 Å². The fourth-order valence-electron chi connectivity index (χ4n) is 3.38. The zero-order valence-electron chi connectivity index (χ0n) is 18.5. The lowest BCUT2D eigenvalue weighted by molar-refractivity contribution is 0.0375. The van der Waals surface area contributed by atoms with Crippen molar-refractivity contribution in [2.75, 3.05) is 0 Å². The summed E-state index contributed by atoms with van der Waals surface area (Å²) in [6.07, 6.45) is 3.67. The van der Waals surface area contributed by atoms with E-state index in [2.05, 4.69) is 4.98 Å². The van der Waals surface area contributed by atoms with Gasteiger partial charge in [0.05, 0.1) is 11.7 Å². The number of ketones is 1. The van der Waals surface area contributed by atoms with Crippen LogP contribution in [0.15, 0.2) is 41.5 Å². The number of nitrogens with zero attached hydrogens (tertiary/aromatic N) is 2. The van der Waals surface area contributed by atoms with E-state index in [4.69, 9.17) is 9.47 Å². The topological polar surface area (TPSA) is 107 Å². The lowest BCUT2D eigenvalue weighted by Crippen LogP contribution is -2.26. The maximum absolute atomic E-state index is 12.8. The Bertz CT molecular complexity index is 1230. The highest BCUT2D eigenvalue weighted by atomic mass is 16.5. The number of benzene rings is 1. The molecule has 0 aliphatic rings. The molecule has 1 N–H and O–H groups in total. The molecule has 3 aromatic rings. The van der Waals surface area contributed by atoms with Crippen LogP contribution in [0, 0.1) is 0 Å². The summed E-state index contributed by atoms with van der Waals surface area (Å²) in [5, 5.41) is 10.5. The molecule has 168 valence electrons. The maximum Gasteiger partial charge on any atom is 0.345 e. The molecule has 0 aliphatic carbocycles. The van der Waals surface area contributed by atoms with Crippen LogP contribution in [0.5, 0.6) is 11.5 Å². The number of hydrogen-bond acceptors (Lipinski definition) is 7. The van der Waals surface area contributed by atoms with Gasteiger partial charge >= 0.3 is 5.97 Å². The quantitative estimate of drug-likeness (QED) is 0.422. The third kappa shape index (κ3) is 4.64. The highest BCUT2D eigenvalue weighted by Crippen LogP contribution is 2.33. The standard InChI is InChI=1S/C24H26N2O6/c1-5-7-18-20(10-9-17(15(4)27)21(18)28)31-13-16-8-6-11-26-22(16)25-12-19(23(26)29)24(30)32-14(2)3/h6,8-12,14,28H,5,7,13H2,1-4H3. The molecule has 0 bridgehead atoms. The van der Waals surface area contributed by atoms with Crippen LogP contribution in [0.1, 0.15) is 66.0 Å². The molecular formula is C24H26N2O6. The molecule has 0 aliphatic heterocycles. The van der Waals surface area contributed by atoms with E-state index in [0.29, 0.717) is 28.9 Å². The van der Waals surface area contributed by atoms with E-state index < -0.39 is 11.5 Å². The summed E-state index contributed by atoms with van der Waals surface area (Å²) >= 11 is 0. The predicted molar refractivity (Wildman–Crippen MR) is 118 cm³/mol. The summed E-state index contributed by atoms with van der Waals surface area (Å²) in [4.78, 5) is 41.0. The van der Waals surface area contributed by atoms with Gasteiger partial charge in [0.25, 0.3) is 5.56 Å². The minimum absolute atomic E-state index is 0.0716. The van der Waals surface area contributed by atoms with E-state index in [0.717, 1.165) is 6.42 Å². The normalized spacial score (nSPS) is 11.0. The fraction of sp³-hybridized carbons (Fsp3) is 0.333. The molecule has 0 radical (unpaired) electrons. The Labute approximate surface area is 185 Å². The number of rotatable bonds is 8. The van der Waals surface area contributed by atoms with Crippen molar-refractivity contribution in [1.29, 1.82) is 0 Å². The second kappa shape index (κ2) is 9.64. The smallest absolute Gasteiger partial charge is 0.345 e. The number of fused-ring (bicyclic) bond motifs is 1. The molecule has 8 nitrogen and oxygen atoms in total. The first-order valence-electron chi connectivity index (χ1n) is 10.4. The molecular weight excluding hydrogens is 412 g/mol. The van der Waals surface area contributed by atoms with Gasteiger partial charge in [-0.05, 0) is 45.4 Å². The third-order valence-corrected chi connectivity index (χ3v) is 4.88. The summed E-state index contributed by atoms with van der Waals surface area (Å²) in [5.41, 5.74) is 1.09. The summed E-state index contributed by atoms with van der Waals surface area (Å²) in [6, 6.07) is 6.61. The molecule has 0 spiro atoms. The number of ether oxygens (including phenoxy) is 2. The zero-order chi connectivity index (χ0) is 23.4. The molecule has 8 heteroatoms. The van der Waals surface area contributed by atoms with Crippen LogP contribution in [0.25, 0.3) is 5.65 Å². The molecule has 0 saturated carbocycles. The first-order valence-corrected chi connectivity index (χ1v) is 10.4. The van der Waals surface area contributed by atoms with Gasteiger partial charge in [0.1, 0.15) is 29.3 Å². The van der Waals surface area contributed by atoms with Crippen molar-refractivity contribution in [3.8, 4) is 11.5 Å². The number of hydrogen-bond donors (Lipinski definition) is 1. The van der Waals surface area contributed by atoms with Gasteiger partial charge in [-0.2, -0.15) is 0 Å². The van der Waals surface area contributed by atoms with E-state index in [1.165, 1.54) is 29.8 Å². The molecule has 32 heavy (non-hydrogen) atoms. The summed E-state index contributed by atoms with van der Waals surface area (Å²) < 4.78 is 12.3. The number of Topliss-reactive ketones (excluding diaryl/α,β-unsaturated/α-hetero) is 1. The van der Waals surface area contributed by atoms with Gasteiger partial charge in [0.15, 0.2) is 5.78 Å². The Kier molecular flexibility index (Phi) is 6.92. The van der Waals surface area contributed by atoms with E-state index >= 15 is 0 Å². The molecule has 0 fully saturated rings. The number of aromatic hydroxyl groups is 1. The maximum atomic E-state index is 12.8. The lowest BCUT2D eigenvalue weighted by Gasteiger charge is -2.15. The number of esters is 1. The van der Waals surface area contributed by atoms with E-state index in [1.807, 2.05) is 6.92 Å². The van der Waals surface area contributed by atoms with Crippen LogP contribution in [0.3, 0.4) is 0 Å². The number of aromatic nitrogens is 2. The Morgan fingerprint density at radius 1 is 1.19 bits per heavy atom. The highest BCUT2D eigenvalue weighted by molar-refractivity contribution is 5.97. The highest BCUT2D eigenvalue weighted by Gasteiger charge is 2.19. The number of carbonyl (C=O) groups is 2. The summed E-state index contributed by atoms with van der Waals surface area (Å²) in [7, 11) is 0. The molecule has 2 aromatic heterocycles. The van der Waals surface area contributed by atoms with Crippen molar-refractivity contribution in [3.05, 3.63) is 69.3 Å². The fourth-order valence-corrected chi connectivity index (χ4v) is 3.38. The first-order chi connectivity index (χ1) is 15.2. The van der Waals surface area contributed by atoms with Gasteiger partial charge in [-0.1, -0.05) is 19.4 Å². The molecule has 3 rings (SSSR count). The summed E-state index contributed by atoms with van der Waals surface area (Å²) in [5.74, 6) is -0.567. The minimum Gasteiger partial charge on any atom is -0.507 e. The zero-order valence-corrected chi connectivity index (χ0v) is 18.5. The molecule has 1 aromatic carbocycles. The van der Waals surface area contributed by atoms with Gasteiger partial charge in [0, 0.05) is 23.5 Å².